The van der Waals surface area contributed by atoms with E-state index in [0.717, 1.165) is 17.9 Å². The molecule has 0 aromatic heterocycles. The standard InChI is InChI=1S/C14H21N3O3/c1-10-8-16(9-14(2,3)20-10)12-5-11(15-4)6-13(7-12)17(18)19/h5-7,10,15H,8-9H2,1-4H3. The molecule has 1 atom stereocenters. The Morgan fingerprint density at radius 1 is 1.45 bits per heavy atom. The Morgan fingerprint density at radius 2 is 2.15 bits per heavy atom. The molecular weight excluding hydrogens is 258 g/mol. The topological polar surface area (TPSA) is 67.6 Å². The number of ether oxygens (including phenoxy) is 1. The molecule has 1 aromatic rings. The molecule has 1 aliphatic heterocycles. The zero-order valence-electron chi connectivity index (χ0n) is 12.3. The first kappa shape index (κ1) is 14.6. The molecule has 1 aliphatic rings. The van der Waals surface area contributed by atoms with Crippen LogP contribution in [0.15, 0.2) is 18.2 Å². The summed E-state index contributed by atoms with van der Waals surface area (Å²) >= 11 is 0. The Bertz CT molecular complexity index is 516. The fraction of sp³-hybridized carbons (Fsp3) is 0.571. The van der Waals surface area contributed by atoms with Crippen molar-refractivity contribution in [2.75, 3.05) is 30.4 Å². The van der Waals surface area contributed by atoms with Crippen molar-refractivity contribution in [1.82, 2.24) is 0 Å². The fourth-order valence-corrected chi connectivity index (χ4v) is 2.68. The molecule has 6 heteroatoms. The third-order valence-corrected chi connectivity index (χ3v) is 3.34. The minimum Gasteiger partial charge on any atom is -0.388 e. The SMILES string of the molecule is CNc1cc(N2CC(C)OC(C)(C)C2)cc([N+](=O)[O-])c1. The van der Waals surface area contributed by atoms with Crippen molar-refractivity contribution in [1.29, 1.82) is 0 Å². The van der Waals surface area contributed by atoms with Gasteiger partial charge < -0.3 is 15.0 Å². The molecule has 1 fully saturated rings. The van der Waals surface area contributed by atoms with E-state index in [0.29, 0.717) is 6.54 Å². The summed E-state index contributed by atoms with van der Waals surface area (Å²) in [4.78, 5) is 12.8. The van der Waals surface area contributed by atoms with Crippen molar-refractivity contribution >= 4 is 17.1 Å². The maximum Gasteiger partial charge on any atom is 0.273 e. The number of non-ortho nitro benzene ring substituents is 1. The van der Waals surface area contributed by atoms with Gasteiger partial charge in [0.05, 0.1) is 16.6 Å². The minimum absolute atomic E-state index is 0.0936. The number of nitro benzene ring substituents is 1. The molecule has 2 rings (SSSR count). The van der Waals surface area contributed by atoms with Crippen molar-refractivity contribution in [3.05, 3.63) is 28.3 Å². The lowest BCUT2D eigenvalue weighted by molar-refractivity contribution is -0.384. The van der Waals surface area contributed by atoms with Gasteiger partial charge in [-0.2, -0.15) is 0 Å². The summed E-state index contributed by atoms with van der Waals surface area (Å²) in [5.74, 6) is 0. The van der Waals surface area contributed by atoms with Crippen LogP contribution < -0.4 is 10.2 Å². The number of morpholine rings is 1. The largest absolute Gasteiger partial charge is 0.388 e. The number of benzene rings is 1. The fourth-order valence-electron chi connectivity index (χ4n) is 2.68. The summed E-state index contributed by atoms with van der Waals surface area (Å²) in [6.07, 6.45) is 0.0936. The van der Waals surface area contributed by atoms with Crippen LogP contribution in [-0.2, 0) is 4.74 Å². The van der Waals surface area contributed by atoms with E-state index in [1.165, 1.54) is 0 Å². The van der Waals surface area contributed by atoms with Crippen molar-refractivity contribution in [3.63, 3.8) is 0 Å². The van der Waals surface area contributed by atoms with Crippen LogP contribution >= 0.6 is 0 Å². The van der Waals surface area contributed by atoms with E-state index < -0.39 is 0 Å². The third kappa shape index (κ3) is 3.19. The van der Waals surface area contributed by atoms with Gasteiger partial charge in [-0.05, 0) is 26.8 Å². The summed E-state index contributed by atoms with van der Waals surface area (Å²) in [5.41, 5.74) is 1.43. The Kier molecular flexibility index (Phi) is 3.85. The predicted octanol–water partition coefficient (Wildman–Crippen LogP) is 2.64. The molecular formula is C14H21N3O3. The number of nitro groups is 1. The van der Waals surface area contributed by atoms with Crippen LogP contribution in [0.1, 0.15) is 20.8 Å². The van der Waals surface area contributed by atoms with Crippen LogP contribution in [0, 0.1) is 10.1 Å². The second kappa shape index (κ2) is 5.28. The van der Waals surface area contributed by atoms with Crippen LogP contribution in [0.2, 0.25) is 0 Å². The highest BCUT2D eigenvalue weighted by Crippen LogP contribution is 2.31. The summed E-state index contributed by atoms with van der Waals surface area (Å²) in [6, 6.07) is 5.09. The van der Waals surface area contributed by atoms with Gasteiger partial charge >= 0.3 is 0 Å². The molecule has 1 heterocycles. The normalized spacial score (nSPS) is 21.6. The highest BCUT2D eigenvalue weighted by molar-refractivity contribution is 5.64. The molecule has 1 saturated heterocycles. The van der Waals surface area contributed by atoms with Crippen LogP contribution in [0.4, 0.5) is 17.1 Å². The zero-order valence-corrected chi connectivity index (χ0v) is 12.3. The van der Waals surface area contributed by atoms with Crippen LogP contribution in [0.3, 0.4) is 0 Å². The van der Waals surface area contributed by atoms with Crippen molar-refractivity contribution in [2.24, 2.45) is 0 Å². The monoisotopic (exact) mass is 279 g/mol. The molecule has 1 aromatic carbocycles. The van der Waals surface area contributed by atoms with Gasteiger partial charge in [-0.15, -0.1) is 0 Å². The van der Waals surface area contributed by atoms with Gasteiger partial charge in [0.1, 0.15) is 0 Å². The van der Waals surface area contributed by atoms with Crippen molar-refractivity contribution in [3.8, 4) is 0 Å². The van der Waals surface area contributed by atoms with Crippen LogP contribution in [0.25, 0.3) is 0 Å². The van der Waals surface area contributed by atoms with E-state index in [2.05, 4.69) is 10.2 Å². The lowest BCUT2D eigenvalue weighted by atomic mass is 10.0. The van der Waals surface area contributed by atoms with Crippen molar-refractivity contribution < 1.29 is 9.66 Å². The molecule has 0 radical (unpaired) electrons. The van der Waals surface area contributed by atoms with E-state index in [1.807, 2.05) is 26.8 Å². The Balaban J connectivity index is 2.36. The zero-order chi connectivity index (χ0) is 14.9. The molecule has 0 spiro atoms. The number of hydrogen-bond donors (Lipinski definition) is 1. The smallest absolute Gasteiger partial charge is 0.273 e. The molecule has 20 heavy (non-hydrogen) atoms. The second-order valence-electron chi connectivity index (χ2n) is 5.81. The first-order valence-electron chi connectivity index (χ1n) is 6.71. The van der Waals surface area contributed by atoms with Crippen LogP contribution in [-0.4, -0.2) is 36.8 Å². The number of anilines is 2. The molecule has 0 amide bonds. The Morgan fingerprint density at radius 3 is 2.70 bits per heavy atom. The third-order valence-electron chi connectivity index (χ3n) is 3.34. The average Bonchev–Trinajstić information content (AvgIpc) is 2.35. The number of nitrogens with zero attached hydrogens (tertiary/aromatic N) is 2. The van der Waals surface area contributed by atoms with Gasteiger partial charge in [-0.25, -0.2) is 0 Å². The highest BCUT2D eigenvalue weighted by atomic mass is 16.6. The molecule has 6 nitrogen and oxygen atoms in total. The predicted molar refractivity (Wildman–Crippen MR) is 79.5 cm³/mol. The first-order valence-corrected chi connectivity index (χ1v) is 6.71. The first-order chi connectivity index (χ1) is 9.30. The highest BCUT2D eigenvalue weighted by Gasteiger charge is 2.32. The maximum atomic E-state index is 11.0. The molecule has 0 bridgehead atoms. The van der Waals surface area contributed by atoms with Gasteiger partial charge in [0.25, 0.3) is 5.69 Å². The van der Waals surface area contributed by atoms with Gasteiger partial charge in [0.15, 0.2) is 0 Å². The van der Waals surface area contributed by atoms with E-state index in [9.17, 15) is 10.1 Å². The Labute approximate surface area is 118 Å². The second-order valence-corrected chi connectivity index (χ2v) is 5.81. The summed E-state index contributed by atoms with van der Waals surface area (Å²) in [7, 11) is 1.76. The molecule has 1 N–H and O–H groups in total. The van der Waals surface area contributed by atoms with E-state index in [4.69, 9.17) is 4.74 Å². The molecule has 1 unspecified atom stereocenters. The number of hydrogen-bond acceptors (Lipinski definition) is 5. The van der Waals surface area contributed by atoms with E-state index >= 15 is 0 Å². The Hall–Kier alpha value is -1.82. The molecule has 0 saturated carbocycles. The maximum absolute atomic E-state index is 11.0. The van der Waals surface area contributed by atoms with Gasteiger partial charge in [-0.3, -0.25) is 10.1 Å². The average molecular weight is 279 g/mol. The lowest BCUT2D eigenvalue weighted by Gasteiger charge is -2.42. The van der Waals surface area contributed by atoms with E-state index in [1.54, 1.807) is 19.2 Å². The summed E-state index contributed by atoms with van der Waals surface area (Å²) < 4.78 is 5.87. The van der Waals surface area contributed by atoms with Gasteiger partial charge in [0.2, 0.25) is 0 Å². The summed E-state index contributed by atoms with van der Waals surface area (Å²) in [6.45, 7) is 7.53. The number of nitrogens with one attached hydrogen (secondary N) is 1. The quantitative estimate of drug-likeness (QED) is 0.680. The van der Waals surface area contributed by atoms with Crippen LogP contribution in [0.5, 0.6) is 0 Å². The molecule has 0 aliphatic carbocycles. The minimum atomic E-state index is -0.362. The molecule has 110 valence electrons. The lowest BCUT2D eigenvalue weighted by Crippen LogP contribution is -2.52. The van der Waals surface area contributed by atoms with E-state index in [-0.39, 0.29) is 22.3 Å². The number of rotatable bonds is 3. The summed E-state index contributed by atoms with van der Waals surface area (Å²) in [5, 5.41) is 14.0. The van der Waals surface area contributed by atoms with Crippen molar-refractivity contribution in [2.45, 2.75) is 32.5 Å². The van der Waals surface area contributed by atoms with Gasteiger partial charge in [-0.1, -0.05) is 0 Å². The van der Waals surface area contributed by atoms with Gasteiger partial charge in [0, 0.05) is 43.6 Å².